The number of hydrazone groups is 1. The second-order valence-electron chi connectivity index (χ2n) is 2.53. The van der Waals surface area contributed by atoms with Crippen LogP contribution in [-0.4, -0.2) is 12.2 Å². The number of hydrogen-bond donors (Lipinski definition) is 2. The van der Waals surface area contributed by atoms with Crippen LogP contribution in [0.2, 0.25) is 15.1 Å². The molecule has 1 rings (SSSR count). The summed E-state index contributed by atoms with van der Waals surface area (Å²) in [6, 6.07) is 3.10. The molecule has 0 unspecified atom stereocenters. The molecule has 4 N–H and O–H groups in total. The van der Waals surface area contributed by atoms with Crippen molar-refractivity contribution >= 4 is 47.0 Å². The average Bonchev–Trinajstić information content (AvgIpc) is 2.15. The summed E-state index contributed by atoms with van der Waals surface area (Å²) in [6.07, 6.45) is 1.37. The standard InChI is InChI=1S/C8H7Cl3N4/c9-4-1-6(10)5(7(11)2-4)3-14-8(12)15-13/h1-3H,13H2,(H2,12,15). The summed E-state index contributed by atoms with van der Waals surface area (Å²) >= 11 is 17.5. The molecule has 0 amide bonds. The van der Waals surface area contributed by atoms with E-state index in [9.17, 15) is 0 Å². The SMILES string of the molecule is NN=C(N)N=Cc1c(Cl)cc(Cl)cc1Cl. The molecule has 80 valence electrons. The van der Waals surface area contributed by atoms with E-state index in [4.69, 9.17) is 46.4 Å². The minimum Gasteiger partial charge on any atom is -0.367 e. The van der Waals surface area contributed by atoms with Crippen molar-refractivity contribution in [3.8, 4) is 0 Å². The molecule has 4 nitrogen and oxygen atoms in total. The number of nitrogens with zero attached hydrogens (tertiary/aromatic N) is 2. The summed E-state index contributed by atoms with van der Waals surface area (Å²) in [7, 11) is 0. The molecule has 1 aromatic rings. The van der Waals surface area contributed by atoms with Gasteiger partial charge in [-0.3, -0.25) is 0 Å². The molecule has 0 heterocycles. The molecule has 0 spiro atoms. The number of aliphatic imine (C=N–C) groups is 1. The van der Waals surface area contributed by atoms with Gasteiger partial charge in [0.15, 0.2) is 0 Å². The Morgan fingerprint density at radius 2 is 1.73 bits per heavy atom. The summed E-state index contributed by atoms with van der Waals surface area (Å²) in [5.41, 5.74) is 5.77. The van der Waals surface area contributed by atoms with E-state index >= 15 is 0 Å². The molecular weight excluding hydrogens is 258 g/mol. The third kappa shape index (κ3) is 3.27. The number of nitrogens with two attached hydrogens (primary N) is 2. The van der Waals surface area contributed by atoms with E-state index in [1.807, 2.05) is 0 Å². The molecular formula is C8H7Cl3N4. The van der Waals surface area contributed by atoms with Crippen molar-refractivity contribution in [2.45, 2.75) is 0 Å². The third-order valence-electron chi connectivity index (χ3n) is 1.50. The Kier molecular flexibility index (Phi) is 4.20. The largest absolute Gasteiger partial charge is 0.367 e. The van der Waals surface area contributed by atoms with Crippen LogP contribution >= 0.6 is 34.8 Å². The second-order valence-corrected chi connectivity index (χ2v) is 3.78. The number of guanidine groups is 1. The van der Waals surface area contributed by atoms with E-state index in [1.54, 1.807) is 12.1 Å². The number of hydrogen-bond acceptors (Lipinski definition) is 2. The molecule has 0 aliphatic carbocycles. The topological polar surface area (TPSA) is 76.8 Å². The minimum absolute atomic E-state index is 0.0721. The fourth-order valence-corrected chi connectivity index (χ4v) is 1.76. The average molecular weight is 266 g/mol. The Morgan fingerprint density at radius 1 is 1.20 bits per heavy atom. The van der Waals surface area contributed by atoms with E-state index < -0.39 is 0 Å². The van der Waals surface area contributed by atoms with Crippen LogP contribution in [0.3, 0.4) is 0 Å². The van der Waals surface area contributed by atoms with Crippen LogP contribution in [0.4, 0.5) is 0 Å². The van der Waals surface area contributed by atoms with Crippen LogP contribution in [0.15, 0.2) is 22.2 Å². The molecule has 7 heteroatoms. The van der Waals surface area contributed by atoms with Crippen molar-refractivity contribution in [3.63, 3.8) is 0 Å². The van der Waals surface area contributed by atoms with Gasteiger partial charge in [-0.25, -0.2) is 4.99 Å². The first-order valence-electron chi connectivity index (χ1n) is 3.76. The lowest BCUT2D eigenvalue weighted by atomic mass is 10.2. The number of benzene rings is 1. The van der Waals surface area contributed by atoms with Crippen LogP contribution in [0, 0.1) is 0 Å². The maximum absolute atomic E-state index is 5.89. The van der Waals surface area contributed by atoms with Gasteiger partial charge >= 0.3 is 0 Å². The summed E-state index contributed by atoms with van der Waals surface area (Å²) in [5.74, 6) is 4.83. The minimum atomic E-state index is -0.0721. The van der Waals surface area contributed by atoms with Gasteiger partial charge in [0.25, 0.3) is 0 Å². The Morgan fingerprint density at radius 3 is 2.20 bits per heavy atom. The lowest BCUT2D eigenvalue weighted by Gasteiger charge is -2.01. The van der Waals surface area contributed by atoms with Crippen LogP contribution in [0.25, 0.3) is 0 Å². The molecule has 0 radical (unpaired) electrons. The predicted octanol–water partition coefficient (Wildman–Crippen LogP) is 2.25. The first-order valence-corrected chi connectivity index (χ1v) is 4.90. The van der Waals surface area contributed by atoms with E-state index in [0.29, 0.717) is 20.6 Å². The zero-order valence-corrected chi connectivity index (χ0v) is 9.68. The molecule has 0 atom stereocenters. The second kappa shape index (κ2) is 5.21. The van der Waals surface area contributed by atoms with Gasteiger partial charge in [0.1, 0.15) is 0 Å². The van der Waals surface area contributed by atoms with Crippen molar-refractivity contribution < 1.29 is 0 Å². The van der Waals surface area contributed by atoms with Gasteiger partial charge in [-0.1, -0.05) is 34.8 Å². The molecule has 1 aromatic carbocycles. The van der Waals surface area contributed by atoms with Gasteiger partial charge in [0, 0.05) is 16.8 Å². The van der Waals surface area contributed by atoms with Crippen molar-refractivity contribution in [3.05, 3.63) is 32.8 Å². The lowest BCUT2D eigenvalue weighted by molar-refractivity contribution is 1.21. The highest BCUT2D eigenvalue weighted by molar-refractivity contribution is 6.41. The summed E-state index contributed by atoms with van der Waals surface area (Å²) in [4.78, 5) is 3.73. The van der Waals surface area contributed by atoms with Crippen LogP contribution in [0.5, 0.6) is 0 Å². The normalized spacial score (nSPS) is 12.3. The van der Waals surface area contributed by atoms with Gasteiger partial charge in [0.05, 0.1) is 10.0 Å². The van der Waals surface area contributed by atoms with Crippen molar-refractivity contribution in [2.75, 3.05) is 0 Å². The van der Waals surface area contributed by atoms with E-state index in [0.717, 1.165) is 0 Å². The summed E-state index contributed by atoms with van der Waals surface area (Å²) < 4.78 is 0. The van der Waals surface area contributed by atoms with E-state index in [-0.39, 0.29) is 5.96 Å². The third-order valence-corrected chi connectivity index (χ3v) is 2.35. The van der Waals surface area contributed by atoms with E-state index in [2.05, 4.69) is 10.1 Å². The zero-order valence-electron chi connectivity index (χ0n) is 7.42. The summed E-state index contributed by atoms with van der Waals surface area (Å²) in [6.45, 7) is 0. The first kappa shape index (κ1) is 12.1. The van der Waals surface area contributed by atoms with Crippen LogP contribution < -0.4 is 11.6 Å². The van der Waals surface area contributed by atoms with Gasteiger partial charge in [0.2, 0.25) is 5.96 Å². The highest BCUT2D eigenvalue weighted by Crippen LogP contribution is 2.27. The monoisotopic (exact) mass is 264 g/mol. The number of halogens is 3. The highest BCUT2D eigenvalue weighted by Gasteiger charge is 2.05. The van der Waals surface area contributed by atoms with Gasteiger partial charge in [-0.05, 0) is 12.1 Å². The smallest absolute Gasteiger partial charge is 0.236 e. The Labute approximate surface area is 102 Å². The fraction of sp³-hybridized carbons (Fsp3) is 0. The Balaban J connectivity index is 3.10. The molecule has 0 aromatic heterocycles. The molecule has 0 saturated carbocycles. The van der Waals surface area contributed by atoms with Crippen LogP contribution in [0.1, 0.15) is 5.56 Å². The highest BCUT2D eigenvalue weighted by atomic mass is 35.5. The van der Waals surface area contributed by atoms with Crippen molar-refractivity contribution in [1.29, 1.82) is 0 Å². The zero-order chi connectivity index (χ0) is 11.4. The molecule has 0 saturated heterocycles. The maximum atomic E-state index is 5.89. The van der Waals surface area contributed by atoms with Gasteiger partial charge in [-0.15, -0.1) is 5.10 Å². The molecule has 15 heavy (non-hydrogen) atoms. The lowest BCUT2D eigenvalue weighted by Crippen LogP contribution is -2.11. The van der Waals surface area contributed by atoms with Gasteiger partial charge in [-0.2, -0.15) is 0 Å². The van der Waals surface area contributed by atoms with Crippen molar-refractivity contribution in [2.24, 2.45) is 21.7 Å². The Hall–Kier alpha value is -0.970. The van der Waals surface area contributed by atoms with Crippen molar-refractivity contribution in [1.82, 2.24) is 0 Å². The van der Waals surface area contributed by atoms with Gasteiger partial charge < -0.3 is 11.6 Å². The van der Waals surface area contributed by atoms with E-state index in [1.165, 1.54) is 6.21 Å². The maximum Gasteiger partial charge on any atom is 0.236 e. The summed E-state index contributed by atoms with van der Waals surface area (Å²) in [5, 5.41) is 4.36. The predicted molar refractivity (Wildman–Crippen MR) is 64.9 cm³/mol. The Bertz CT molecular complexity index is 405. The molecule has 0 fully saturated rings. The molecule has 0 bridgehead atoms. The number of rotatable bonds is 1. The fourth-order valence-electron chi connectivity index (χ4n) is 0.841. The molecule has 0 aliphatic heterocycles. The van der Waals surface area contributed by atoms with Crippen LogP contribution in [-0.2, 0) is 0 Å². The quantitative estimate of drug-likeness (QED) is 0.354. The molecule has 0 aliphatic rings. The first-order chi connectivity index (χ1) is 7.04.